The largest absolute Gasteiger partial charge is 0.443 e. The quantitative estimate of drug-likeness (QED) is 0.422. The molecule has 1 N–H and O–H groups in total. The maximum absolute atomic E-state index is 13.6. The maximum atomic E-state index is 13.6. The Hall–Kier alpha value is -3.08. The van der Waals surface area contributed by atoms with Crippen LogP contribution in [0.15, 0.2) is 61.2 Å². The van der Waals surface area contributed by atoms with Crippen LogP contribution >= 0.6 is 0 Å². The van der Waals surface area contributed by atoms with E-state index in [9.17, 15) is 9.59 Å². The Morgan fingerprint density at radius 2 is 1.75 bits per heavy atom. The van der Waals surface area contributed by atoms with Crippen molar-refractivity contribution in [3.63, 3.8) is 0 Å². The highest BCUT2D eigenvalue weighted by Crippen LogP contribution is 2.31. The smallest absolute Gasteiger partial charge is 0.426 e. The van der Waals surface area contributed by atoms with E-state index in [-0.39, 0.29) is 18.6 Å². The second-order valence-corrected chi connectivity index (χ2v) is 8.71. The van der Waals surface area contributed by atoms with E-state index in [2.05, 4.69) is 12.0 Å². The van der Waals surface area contributed by atoms with Gasteiger partial charge in [-0.3, -0.25) is 4.79 Å². The Bertz CT molecular complexity index is 900. The first-order chi connectivity index (χ1) is 15.5. The Morgan fingerprint density at radius 1 is 1.09 bits per heavy atom. The van der Waals surface area contributed by atoms with Crippen molar-refractivity contribution in [2.75, 3.05) is 0 Å². The average Bonchev–Trinajstić information content (AvgIpc) is 2.80. The zero-order valence-electron chi connectivity index (χ0n) is 19.2. The number of nitrogens with one attached hydrogen (secondary N) is 1. The van der Waals surface area contributed by atoms with E-state index in [1.165, 1.54) is 11.4 Å². The molecule has 1 aliphatic carbocycles. The number of carbonyl (C=O) groups is 2. The Balaban J connectivity index is 1.83. The van der Waals surface area contributed by atoms with E-state index in [0.29, 0.717) is 17.9 Å². The van der Waals surface area contributed by atoms with Gasteiger partial charge in [0.15, 0.2) is 0 Å². The summed E-state index contributed by atoms with van der Waals surface area (Å²) in [6.07, 6.45) is 7.39. The Labute approximate surface area is 191 Å². The molecule has 1 aliphatic rings. The van der Waals surface area contributed by atoms with Crippen molar-refractivity contribution >= 4 is 12.0 Å². The van der Waals surface area contributed by atoms with Crippen LogP contribution in [0.25, 0.3) is 0 Å². The number of hydrogen-bond donors (Lipinski definition) is 1. The van der Waals surface area contributed by atoms with Crippen molar-refractivity contribution in [1.82, 2.24) is 10.4 Å². The van der Waals surface area contributed by atoms with Gasteiger partial charge in [0, 0.05) is 5.56 Å². The molecule has 1 atom stereocenters. The number of aryl methyl sites for hydroxylation is 2. The van der Waals surface area contributed by atoms with Crippen LogP contribution in [0.2, 0.25) is 0 Å². The topological polar surface area (TPSA) is 58.6 Å². The molecule has 3 rings (SSSR count). The molecule has 1 saturated carbocycles. The lowest BCUT2D eigenvalue weighted by Crippen LogP contribution is -2.54. The molecule has 1 unspecified atom stereocenters. The van der Waals surface area contributed by atoms with Gasteiger partial charge in [0.25, 0.3) is 5.91 Å². The zero-order chi connectivity index (χ0) is 22.9. The minimum absolute atomic E-state index is 0.147. The summed E-state index contributed by atoms with van der Waals surface area (Å²) < 4.78 is 5.44. The third-order valence-corrected chi connectivity index (χ3v) is 6.05. The van der Waals surface area contributed by atoms with Gasteiger partial charge in [0.1, 0.15) is 6.61 Å². The first-order valence-electron chi connectivity index (χ1n) is 11.5. The van der Waals surface area contributed by atoms with Crippen LogP contribution in [0.5, 0.6) is 0 Å². The summed E-state index contributed by atoms with van der Waals surface area (Å²) in [5.74, 6) is 0.0944. The van der Waals surface area contributed by atoms with Gasteiger partial charge in [-0.2, -0.15) is 0 Å². The predicted octanol–water partition coefficient (Wildman–Crippen LogP) is 6.11. The van der Waals surface area contributed by atoms with Gasteiger partial charge < -0.3 is 4.74 Å². The summed E-state index contributed by atoms with van der Waals surface area (Å²) in [5.41, 5.74) is 6.26. The van der Waals surface area contributed by atoms with Crippen molar-refractivity contribution in [2.24, 2.45) is 5.92 Å². The van der Waals surface area contributed by atoms with Crippen LogP contribution in [0.3, 0.4) is 0 Å². The van der Waals surface area contributed by atoms with Gasteiger partial charge in [-0.1, -0.05) is 72.9 Å². The van der Waals surface area contributed by atoms with Crippen LogP contribution in [-0.4, -0.2) is 23.1 Å². The lowest BCUT2D eigenvalue weighted by molar-refractivity contribution is 0.0341. The highest BCUT2D eigenvalue weighted by Gasteiger charge is 2.33. The van der Waals surface area contributed by atoms with E-state index >= 15 is 0 Å². The molecule has 0 radical (unpaired) electrons. The molecule has 5 heteroatoms. The molecule has 0 spiro atoms. The van der Waals surface area contributed by atoms with Gasteiger partial charge in [-0.05, 0) is 56.7 Å². The molecule has 32 heavy (non-hydrogen) atoms. The monoisotopic (exact) mass is 434 g/mol. The molecule has 2 amide bonds. The lowest BCUT2D eigenvalue weighted by Gasteiger charge is -2.38. The second-order valence-electron chi connectivity index (χ2n) is 8.71. The highest BCUT2D eigenvalue weighted by atomic mass is 16.6. The Kier molecular flexibility index (Phi) is 8.48. The molecule has 0 heterocycles. The molecule has 2 aromatic carbocycles. The van der Waals surface area contributed by atoms with E-state index in [1.54, 1.807) is 0 Å². The van der Waals surface area contributed by atoms with E-state index in [0.717, 1.165) is 42.4 Å². The molecule has 0 aliphatic heterocycles. The fourth-order valence-corrected chi connectivity index (χ4v) is 4.57. The fraction of sp³-hybridized carbons (Fsp3) is 0.407. The average molecular weight is 435 g/mol. The molecule has 0 aromatic heterocycles. The molecular formula is C27H34N2O3. The van der Waals surface area contributed by atoms with Gasteiger partial charge in [0.05, 0.1) is 6.04 Å². The van der Waals surface area contributed by atoms with Crippen LogP contribution in [-0.2, 0) is 11.3 Å². The van der Waals surface area contributed by atoms with Crippen molar-refractivity contribution in [3.05, 3.63) is 83.4 Å². The third-order valence-electron chi connectivity index (χ3n) is 6.05. The minimum Gasteiger partial charge on any atom is -0.443 e. The predicted molar refractivity (Wildman–Crippen MR) is 127 cm³/mol. The molecule has 170 valence electrons. The summed E-state index contributed by atoms with van der Waals surface area (Å²) >= 11 is 0. The van der Waals surface area contributed by atoms with Gasteiger partial charge in [-0.25, -0.2) is 15.2 Å². The van der Waals surface area contributed by atoms with Crippen LogP contribution < -0.4 is 5.43 Å². The summed E-state index contributed by atoms with van der Waals surface area (Å²) in [7, 11) is 0. The van der Waals surface area contributed by atoms with Crippen LogP contribution in [0.1, 0.15) is 65.6 Å². The summed E-state index contributed by atoms with van der Waals surface area (Å²) in [5, 5.41) is 1.50. The summed E-state index contributed by atoms with van der Waals surface area (Å²) in [6.45, 7) is 8.00. The second kappa shape index (κ2) is 11.5. The minimum atomic E-state index is -0.628. The Morgan fingerprint density at radius 3 is 2.38 bits per heavy atom. The van der Waals surface area contributed by atoms with Crippen LogP contribution in [0, 0.1) is 19.8 Å². The van der Waals surface area contributed by atoms with Crippen molar-refractivity contribution < 1.29 is 14.3 Å². The number of ether oxygens (including phenoxy) is 1. The lowest BCUT2D eigenvalue weighted by atomic mass is 9.82. The van der Waals surface area contributed by atoms with Gasteiger partial charge in [0.2, 0.25) is 0 Å². The number of rotatable bonds is 7. The summed E-state index contributed by atoms with van der Waals surface area (Å²) in [4.78, 5) is 26.4. The molecule has 1 fully saturated rings. The van der Waals surface area contributed by atoms with Crippen molar-refractivity contribution in [2.45, 2.75) is 65.0 Å². The normalized spacial score (nSPS) is 14.9. The molecule has 0 bridgehead atoms. The summed E-state index contributed by atoms with van der Waals surface area (Å²) in [6, 6.07) is 15.1. The van der Waals surface area contributed by atoms with Crippen LogP contribution in [0.4, 0.5) is 4.79 Å². The van der Waals surface area contributed by atoms with E-state index in [4.69, 9.17) is 4.74 Å². The third kappa shape index (κ3) is 6.46. The van der Waals surface area contributed by atoms with E-state index < -0.39 is 6.09 Å². The zero-order valence-corrected chi connectivity index (χ0v) is 19.2. The van der Waals surface area contributed by atoms with Gasteiger partial charge in [-0.15, -0.1) is 6.58 Å². The first-order valence-corrected chi connectivity index (χ1v) is 11.5. The molecule has 0 saturated heterocycles. The standard InChI is InChI=1S/C27H34N2O3/c1-4-11-25(23-14-9-6-10-15-23)29(26(30)24-17-20(2)16-21(3)18-24)28-27(31)32-19-22-12-7-5-8-13-22/h4-5,7-8,12-13,16-18,23,25H,1,6,9-11,14-15,19H2,2-3H3,(H,28,31). The first kappa shape index (κ1) is 23.6. The maximum Gasteiger partial charge on any atom is 0.426 e. The molecular weight excluding hydrogens is 400 g/mol. The number of hydrazine groups is 1. The van der Waals surface area contributed by atoms with Crippen molar-refractivity contribution in [3.8, 4) is 0 Å². The number of carbonyl (C=O) groups excluding carboxylic acids is 2. The van der Waals surface area contributed by atoms with Gasteiger partial charge >= 0.3 is 6.09 Å². The van der Waals surface area contributed by atoms with Crippen molar-refractivity contribution in [1.29, 1.82) is 0 Å². The number of nitrogens with zero attached hydrogens (tertiary/aromatic N) is 1. The highest BCUT2D eigenvalue weighted by molar-refractivity contribution is 5.95. The number of hydrogen-bond acceptors (Lipinski definition) is 3. The van der Waals surface area contributed by atoms with E-state index in [1.807, 2.05) is 68.5 Å². The number of amides is 2. The molecule has 5 nitrogen and oxygen atoms in total. The molecule has 2 aromatic rings. The fourth-order valence-electron chi connectivity index (χ4n) is 4.57. The SMILES string of the molecule is C=CCC(C1CCCCC1)N(NC(=O)OCc1ccccc1)C(=O)c1cc(C)cc(C)c1. The number of benzene rings is 2.